The average molecular weight is 293 g/mol. The molecule has 1 aromatic heterocycles. The van der Waals surface area contributed by atoms with Gasteiger partial charge in [0.05, 0.1) is 5.69 Å². The van der Waals surface area contributed by atoms with E-state index in [-0.39, 0.29) is 0 Å². The van der Waals surface area contributed by atoms with Crippen molar-refractivity contribution >= 4 is 11.7 Å². The highest BCUT2D eigenvalue weighted by Crippen LogP contribution is 2.13. The molecule has 0 amide bonds. The van der Waals surface area contributed by atoms with Gasteiger partial charge in [-0.3, -0.25) is 4.98 Å². The first-order valence-electron chi connectivity index (χ1n) is 5.77. The molecule has 0 aromatic carbocycles. The van der Waals surface area contributed by atoms with E-state index < -0.39 is 12.1 Å². The van der Waals surface area contributed by atoms with Crippen molar-refractivity contribution in [1.29, 1.82) is 0 Å². The van der Waals surface area contributed by atoms with Crippen LogP contribution in [-0.4, -0.2) is 47.8 Å². The number of carbonyl (C=O) groups is 1. The summed E-state index contributed by atoms with van der Waals surface area (Å²) in [6, 6.07) is 1.99. The molecule has 0 unspecified atom stereocenters. The number of aromatic nitrogens is 1. The number of nitrogens with zero attached hydrogens (tertiary/aromatic N) is 2. The molecule has 1 heterocycles. The molecule has 114 valence electrons. The third kappa shape index (κ3) is 9.15. The number of aliphatic carboxylic acids is 1. The maximum Gasteiger partial charge on any atom is 0.490 e. The third-order valence-electron chi connectivity index (χ3n) is 2.13. The van der Waals surface area contributed by atoms with Gasteiger partial charge in [0.25, 0.3) is 0 Å². The summed E-state index contributed by atoms with van der Waals surface area (Å²) in [6.45, 7) is 1.11. The van der Waals surface area contributed by atoms with Crippen LogP contribution < -0.4 is 5.73 Å². The van der Waals surface area contributed by atoms with E-state index in [2.05, 4.69) is 24.0 Å². The molecular weight excluding hydrogens is 275 g/mol. The molecule has 0 aliphatic rings. The molecule has 0 spiro atoms. The number of aryl methyl sites for hydroxylation is 1. The predicted molar refractivity (Wildman–Crippen MR) is 69.2 cm³/mol. The van der Waals surface area contributed by atoms with Crippen LogP contribution in [0.15, 0.2) is 18.5 Å². The summed E-state index contributed by atoms with van der Waals surface area (Å²) in [7, 11) is 4.16. The zero-order valence-electron chi connectivity index (χ0n) is 11.3. The minimum atomic E-state index is -5.08. The van der Waals surface area contributed by atoms with E-state index >= 15 is 0 Å². The summed E-state index contributed by atoms with van der Waals surface area (Å²) < 4.78 is 31.7. The number of carboxylic acid groups (broad SMARTS) is 1. The van der Waals surface area contributed by atoms with E-state index in [1.807, 2.05) is 12.3 Å². The van der Waals surface area contributed by atoms with Crippen LogP contribution in [0.5, 0.6) is 0 Å². The van der Waals surface area contributed by atoms with Gasteiger partial charge in [0, 0.05) is 12.4 Å². The van der Waals surface area contributed by atoms with Crippen molar-refractivity contribution in [2.75, 3.05) is 26.4 Å². The molecular formula is C12H18F3N3O2. The van der Waals surface area contributed by atoms with Gasteiger partial charge in [-0.2, -0.15) is 13.2 Å². The van der Waals surface area contributed by atoms with Gasteiger partial charge in [0.1, 0.15) is 0 Å². The SMILES string of the molecule is CN(C)CCCc1cncc(N)c1.O=C(O)C(F)(F)F. The van der Waals surface area contributed by atoms with Gasteiger partial charge in [-0.15, -0.1) is 0 Å². The van der Waals surface area contributed by atoms with Crippen molar-refractivity contribution in [3.8, 4) is 0 Å². The van der Waals surface area contributed by atoms with Crippen LogP contribution in [0.25, 0.3) is 0 Å². The van der Waals surface area contributed by atoms with Crippen LogP contribution in [0.1, 0.15) is 12.0 Å². The Labute approximate surface area is 115 Å². The smallest absolute Gasteiger partial charge is 0.475 e. The standard InChI is InChI=1S/C10H17N3.C2HF3O2/c1-13(2)5-3-4-9-6-10(11)8-12-7-9;3-2(4,5)1(6)7/h6-8H,3-5,11H2,1-2H3;(H,6,7). The number of pyridine rings is 1. The lowest BCUT2D eigenvalue weighted by Crippen LogP contribution is -2.21. The van der Waals surface area contributed by atoms with Crippen molar-refractivity contribution in [3.63, 3.8) is 0 Å². The van der Waals surface area contributed by atoms with Gasteiger partial charge >= 0.3 is 12.1 Å². The second-order valence-corrected chi connectivity index (χ2v) is 4.34. The van der Waals surface area contributed by atoms with Gasteiger partial charge in [0.2, 0.25) is 0 Å². The first kappa shape index (κ1) is 18.2. The Hall–Kier alpha value is -1.83. The molecule has 5 nitrogen and oxygen atoms in total. The van der Waals surface area contributed by atoms with E-state index in [1.54, 1.807) is 6.20 Å². The number of nitrogen functional groups attached to an aromatic ring is 1. The molecule has 0 aliphatic carbocycles. The summed E-state index contributed by atoms with van der Waals surface area (Å²) in [5.41, 5.74) is 7.59. The van der Waals surface area contributed by atoms with Crippen molar-refractivity contribution in [2.45, 2.75) is 19.0 Å². The zero-order valence-corrected chi connectivity index (χ0v) is 11.3. The van der Waals surface area contributed by atoms with Crippen molar-refractivity contribution in [3.05, 3.63) is 24.0 Å². The summed E-state index contributed by atoms with van der Waals surface area (Å²) in [5.74, 6) is -2.76. The molecule has 0 saturated carbocycles. The molecule has 0 atom stereocenters. The molecule has 0 bridgehead atoms. The monoisotopic (exact) mass is 293 g/mol. The highest BCUT2D eigenvalue weighted by Gasteiger charge is 2.38. The van der Waals surface area contributed by atoms with Gasteiger partial charge in [-0.25, -0.2) is 4.79 Å². The number of alkyl halides is 3. The van der Waals surface area contributed by atoms with Crippen molar-refractivity contribution in [2.24, 2.45) is 0 Å². The first-order valence-corrected chi connectivity index (χ1v) is 5.77. The quantitative estimate of drug-likeness (QED) is 0.884. The fourth-order valence-electron chi connectivity index (χ4n) is 1.24. The lowest BCUT2D eigenvalue weighted by molar-refractivity contribution is -0.192. The lowest BCUT2D eigenvalue weighted by Gasteiger charge is -2.08. The fourth-order valence-corrected chi connectivity index (χ4v) is 1.24. The zero-order chi connectivity index (χ0) is 15.8. The van der Waals surface area contributed by atoms with Crippen molar-refractivity contribution < 1.29 is 23.1 Å². The van der Waals surface area contributed by atoms with Crippen LogP contribution in [-0.2, 0) is 11.2 Å². The van der Waals surface area contributed by atoms with Crippen LogP contribution in [0.2, 0.25) is 0 Å². The van der Waals surface area contributed by atoms with Gasteiger partial charge in [-0.05, 0) is 45.1 Å². The highest BCUT2D eigenvalue weighted by atomic mass is 19.4. The van der Waals surface area contributed by atoms with Gasteiger partial charge in [-0.1, -0.05) is 0 Å². The summed E-state index contributed by atoms with van der Waals surface area (Å²) in [4.78, 5) is 15.1. The minimum absolute atomic E-state index is 0.752. The Morgan fingerprint density at radius 1 is 1.40 bits per heavy atom. The highest BCUT2D eigenvalue weighted by molar-refractivity contribution is 5.73. The fraction of sp³-hybridized carbons (Fsp3) is 0.500. The van der Waals surface area contributed by atoms with Gasteiger partial charge in [0.15, 0.2) is 0 Å². The molecule has 3 N–H and O–H groups in total. The number of nitrogens with two attached hydrogens (primary N) is 1. The minimum Gasteiger partial charge on any atom is -0.475 e. The van der Waals surface area contributed by atoms with Crippen LogP contribution in [0, 0.1) is 0 Å². The van der Waals surface area contributed by atoms with E-state index in [1.165, 1.54) is 5.56 Å². The second kappa shape index (κ2) is 8.36. The van der Waals surface area contributed by atoms with E-state index in [0.717, 1.165) is 25.1 Å². The van der Waals surface area contributed by atoms with Crippen molar-refractivity contribution in [1.82, 2.24) is 9.88 Å². The normalized spacial score (nSPS) is 10.9. The molecule has 20 heavy (non-hydrogen) atoms. The number of rotatable bonds is 4. The molecule has 0 saturated heterocycles. The Kier molecular flexibility index (Phi) is 7.60. The summed E-state index contributed by atoms with van der Waals surface area (Å²) >= 11 is 0. The molecule has 0 radical (unpaired) electrons. The molecule has 1 aromatic rings. The van der Waals surface area contributed by atoms with E-state index in [9.17, 15) is 13.2 Å². The van der Waals surface area contributed by atoms with Gasteiger partial charge < -0.3 is 15.7 Å². The molecule has 0 aliphatic heterocycles. The predicted octanol–water partition coefficient (Wildman–Crippen LogP) is 1.79. The maximum atomic E-state index is 10.6. The van der Waals surface area contributed by atoms with Crippen LogP contribution >= 0.6 is 0 Å². The average Bonchev–Trinajstić information content (AvgIpc) is 2.28. The Morgan fingerprint density at radius 2 is 1.95 bits per heavy atom. The summed E-state index contributed by atoms with van der Waals surface area (Å²) in [6.07, 6.45) is 0.676. The van der Waals surface area contributed by atoms with E-state index in [4.69, 9.17) is 15.6 Å². The first-order chi connectivity index (χ1) is 9.12. The second-order valence-electron chi connectivity index (χ2n) is 4.34. The van der Waals surface area contributed by atoms with Crippen LogP contribution in [0.3, 0.4) is 0 Å². The number of anilines is 1. The number of carboxylic acids is 1. The number of hydrogen-bond acceptors (Lipinski definition) is 4. The molecule has 8 heteroatoms. The molecule has 1 rings (SSSR count). The van der Waals surface area contributed by atoms with Crippen LogP contribution in [0.4, 0.5) is 18.9 Å². The Bertz CT molecular complexity index is 423. The summed E-state index contributed by atoms with van der Waals surface area (Å²) in [5, 5.41) is 7.12. The van der Waals surface area contributed by atoms with E-state index in [0.29, 0.717) is 0 Å². The lowest BCUT2D eigenvalue weighted by atomic mass is 10.1. The third-order valence-corrected chi connectivity index (χ3v) is 2.13. The Morgan fingerprint density at radius 3 is 2.35 bits per heavy atom. The molecule has 0 fully saturated rings. The number of hydrogen-bond donors (Lipinski definition) is 2. The number of halogens is 3. The topological polar surface area (TPSA) is 79.5 Å². The largest absolute Gasteiger partial charge is 0.490 e. The maximum absolute atomic E-state index is 10.6. The Balaban J connectivity index is 0.000000441.